The number of anilines is 1. The number of nitrogens with two attached hydrogens (primary N) is 1. The lowest BCUT2D eigenvalue weighted by atomic mass is 10.1. The largest absolute Gasteiger partial charge is 0.478 e. The zero-order valence-electron chi connectivity index (χ0n) is 11.3. The van der Waals surface area contributed by atoms with E-state index in [-0.39, 0.29) is 5.56 Å². The highest BCUT2D eigenvalue weighted by atomic mass is 16.5. The first kappa shape index (κ1) is 13.9. The van der Waals surface area contributed by atoms with Crippen molar-refractivity contribution in [3.63, 3.8) is 0 Å². The molecule has 0 fully saturated rings. The van der Waals surface area contributed by atoms with Gasteiger partial charge in [-0.1, -0.05) is 25.5 Å². The van der Waals surface area contributed by atoms with E-state index in [1.165, 1.54) is 23.8 Å². The summed E-state index contributed by atoms with van der Waals surface area (Å²) < 4.78 is 5.64. The smallest absolute Gasteiger partial charge is 0.335 e. The molecular weight excluding hydrogens is 254 g/mol. The first-order chi connectivity index (χ1) is 9.60. The van der Waals surface area contributed by atoms with Gasteiger partial charge in [-0.3, -0.25) is 0 Å². The van der Waals surface area contributed by atoms with E-state index in [4.69, 9.17) is 15.6 Å². The van der Waals surface area contributed by atoms with Crippen molar-refractivity contribution in [3.8, 4) is 11.5 Å². The number of hydrogen-bond acceptors (Lipinski definition) is 3. The molecule has 3 N–H and O–H groups in total. The number of aryl methyl sites for hydroxylation is 1. The third kappa shape index (κ3) is 3.29. The second kappa shape index (κ2) is 6.10. The summed E-state index contributed by atoms with van der Waals surface area (Å²) >= 11 is 0. The molecule has 2 aromatic carbocycles. The summed E-state index contributed by atoms with van der Waals surface area (Å²) in [6.07, 6.45) is 2.12. The highest BCUT2D eigenvalue weighted by Crippen LogP contribution is 2.28. The molecule has 0 spiro atoms. The highest BCUT2D eigenvalue weighted by molar-refractivity contribution is 5.89. The van der Waals surface area contributed by atoms with Crippen LogP contribution in [-0.2, 0) is 6.42 Å². The van der Waals surface area contributed by atoms with Crippen LogP contribution in [0.15, 0.2) is 42.5 Å². The zero-order chi connectivity index (χ0) is 14.5. The third-order valence-electron chi connectivity index (χ3n) is 2.95. The van der Waals surface area contributed by atoms with E-state index in [0.29, 0.717) is 17.2 Å². The average molecular weight is 271 g/mol. The summed E-state index contributed by atoms with van der Waals surface area (Å²) in [4.78, 5) is 10.9. The standard InChI is InChI=1S/C16H17NO3/c1-2-3-11-4-7-13(8-5-11)20-15-10-12(16(18)19)6-9-14(15)17/h4-10H,2-3,17H2,1H3,(H,18,19). The Morgan fingerprint density at radius 1 is 1.20 bits per heavy atom. The van der Waals surface area contributed by atoms with Crippen LogP contribution in [0.2, 0.25) is 0 Å². The van der Waals surface area contributed by atoms with Crippen molar-refractivity contribution in [2.45, 2.75) is 19.8 Å². The lowest BCUT2D eigenvalue weighted by Gasteiger charge is -2.10. The van der Waals surface area contributed by atoms with E-state index in [9.17, 15) is 4.79 Å². The molecular formula is C16H17NO3. The number of benzene rings is 2. The molecule has 20 heavy (non-hydrogen) atoms. The Hall–Kier alpha value is -2.49. The SMILES string of the molecule is CCCc1ccc(Oc2cc(C(=O)O)ccc2N)cc1. The van der Waals surface area contributed by atoms with Gasteiger partial charge in [-0.05, 0) is 42.3 Å². The molecule has 0 atom stereocenters. The Labute approximate surface area is 117 Å². The number of carboxylic acids is 1. The molecule has 0 aliphatic heterocycles. The van der Waals surface area contributed by atoms with E-state index in [0.717, 1.165) is 12.8 Å². The summed E-state index contributed by atoms with van der Waals surface area (Å²) in [5.41, 5.74) is 7.60. The Morgan fingerprint density at radius 3 is 2.50 bits per heavy atom. The van der Waals surface area contributed by atoms with Crippen LogP contribution in [-0.4, -0.2) is 11.1 Å². The number of aromatic carboxylic acids is 1. The molecule has 0 aromatic heterocycles. The Balaban J connectivity index is 2.20. The monoisotopic (exact) mass is 271 g/mol. The molecule has 104 valence electrons. The number of nitrogen functional groups attached to an aromatic ring is 1. The van der Waals surface area contributed by atoms with Crippen LogP contribution in [0, 0.1) is 0 Å². The Morgan fingerprint density at radius 2 is 1.90 bits per heavy atom. The molecule has 0 heterocycles. The van der Waals surface area contributed by atoms with Crippen LogP contribution in [0.4, 0.5) is 5.69 Å². The molecule has 4 nitrogen and oxygen atoms in total. The van der Waals surface area contributed by atoms with E-state index in [2.05, 4.69) is 6.92 Å². The van der Waals surface area contributed by atoms with E-state index in [1.54, 1.807) is 0 Å². The minimum absolute atomic E-state index is 0.150. The molecule has 4 heteroatoms. The summed E-state index contributed by atoms with van der Waals surface area (Å²) in [5.74, 6) is -0.0135. The van der Waals surface area contributed by atoms with Crippen molar-refractivity contribution < 1.29 is 14.6 Å². The van der Waals surface area contributed by atoms with Crippen molar-refractivity contribution in [2.75, 3.05) is 5.73 Å². The second-order valence-corrected chi connectivity index (χ2v) is 4.55. The van der Waals surface area contributed by atoms with Crippen LogP contribution < -0.4 is 10.5 Å². The first-order valence-corrected chi connectivity index (χ1v) is 6.49. The Bertz CT molecular complexity index is 606. The van der Waals surface area contributed by atoms with Gasteiger partial charge in [0.05, 0.1) is 11.3 Å². The maximum Gasteiger partial charge on any atom is 0.335 e. The lowest BCUT2D eigenvalue weighted by Crippen LogP contribution is -1.99. The summed E-state index contributed by atoms with van der Waals surface area (Å²) in [6, 6.07) is 12.1. The summed E-state index contributed by atoms with van der Waals surface area (Å²) in [6.45, 7) is 2.13. The average Bonchev–Trinajstić information content (AvgIpc) is 2.43. The zero-order valence-corrected chi connectivity index (χ0v) is 11.3. The van der Waals surface area contributed by atoms with Crippen molar-refractivity contribution in [1.29, 1.82) is 0 Å². The van der Waals surface area contributed by atoms with Gasteiger partial charge in [0, 0.05) is 0 Å². The molecule has 0 radical (unpaired) electrons. The minimum atomic E-state index is -1.01. The van der Waals surface area contributed by atoms with Gasteiger partial charge in [0.25, 0.3) is 0 Å². The summed E-state index contributed by atoms with van der Waals surface area (Å²) in [7, 11) is 0. The minimum Gasteiger partial charge on any atom is -0.478 e. The van der Waals surface area contributed by atoms with Gasteiger partial charge < -0.3 is 15.6 Å². The topological polar surface area (TPSA) is 72.5 Å². The third-order valence-corrected chi connectivity index (χ3v) is 2.95. The van der Waals surface area contributed by atoms with Crippen LogP contribution in [0.25, 0.3) is 0 Å². The molecule has 0 unspecified atom stereocenters. The first-order valence-electron chi connectivity index (χ1n) is 6.49. The van der Waals surface area contributed by atoms with Gasteiger partial charge in [0.15, 0.2) is 5.75 Å². The van der Waals surface area contributed by atoms with Crippen molar-refractivity contribution >= 4 is 11.7 Å². The predicted molar refractivity (Wildman–Crippen MR) is 78.3 cm³/mol. The van der Waals surface area contributed by atoms with Gasteiger partial charge in [-0.15, -0.1) is 0 Å². The van der Waals surface area contributed by atoms with Crippen molar-refractivity contribution in [2.24, 2.45) is 0 Å². The molecule has 0 aliphatic carbocycles. The van der Waals surface area contributed by atoms with E-state index >= 15 is 0 Å². The van der Waals surface area contributed by atoms with Crippen molar-refractivity contribution in [3.05, 3.63) is 53.6 Å². The molecule has 2 aromatic rings. The fourth-order valence-corrected chi connectivity index (χ4v) is 1.90. The fraction of sp³-hybridized carbons (Fsp3) is 0.188. The number of carboxylic acid groups (broad SMARTS) is 1. The normalized spacial score (nSPS) is 10.2. The molecule has 0 saturated heterocycles. The Kier molecular flexibility index (Phi) is 4.25. The maximum atomic E-state index is 10.9. The highest BCUT2D eigenvalue weighted by Gasteiger charge is 2.08. The second-order valence-electron chi connectivity index (χ2n) is 4.55. The van der Waals surface area contributed by atoms with Gasteiger partial charge in [0.1, 0.15) is 5.75 Å². The van der Waals surface area contributed by atoms with Gasteiger partial charge in [0.2, 0.25) is 0 Å². The fourth-order valence-electron chi connectivity index (χ4n) is 1.90. The number of ether oxygens (including phenoxy) is 1. The predicted octanol–water partition coefficient (Wildman–Crippen LogP) is 3.71. The quantitative estimate of drug-likeness (QED) is 0.813. The molecule has 0 amide bonds. The molecule has 2 rings (SSSR count). The number of hydrogen-bond donors (Lipinski definition) is 2. The molecule has 0 aliphatic rings. The van der Waals surface area contributed by atoms with Gasteiger partial charge in [-0.25, -0.2) is 4.79 Å². The molecule has 0 bridgehead atoms. The van der Waals surface area contributed by atoms with Crippen LogP contribution in [0.1, 0.15) is 29.3 Å². The maximum absolute atomic E-state index is 10.9. The van der Waals surface area contributed by atoms with Crippen LogP contribution in [0.5, 0.6) is 11.5 Å². The van der Waals surface area contributed by atoms with Gasteiger partial charge >= 0.3 is 5.97 Å². The van der Waals surface area contributed by atoms with Crippen LogP contribution >= 0.6 is 0 Å². The summed E-state index contributed by atoms with van der Waals surface area (Å²) in [5, 5.41) is 8.97. The van der Waals surface area contributed by atoms with E-state index in [1.807, 2.05) is 24.3 Å². The molecule has 0 saturated carbocycles. The number of carbonyl (C=O) groups is 1. The van der Waals surface area contributed by atoms with Gasteiger partial charge in [-0.2, -0.15) is 0 Å². The van der Waals surface area contributed by atoms with Crippen molar-refractivity contribution in [1.82, 2.24) is 0 Å². The number of rotatable bonds is 5. The lowest BCUT2D eigenvalue weighted by molar-refractivity contribution is 0.0696. The van der Waals surface area contributed by atoms with Crippen LogP contribution in [0.3, 0.4) is 0 Å². The van der Waals surface area contributed by atoms with E-state index < -0.39 is 5.97 Å².